The van der Waals surface area contributed by atoms with Crippen LogP contribution in [0.4, 0.5) is 0 Å². The van der Waals surface area contributed by atoms with Crippen molar-refractivity contribution in [3.05, 3.63) is 68.9 Å². The van der Waals surface area contributed by atoms with Gasteiger partial charge in [-0.1, -0.05) is 61.8 Å². The van der Waals surface area contributed by atoms with Crippen LogP contribution in [0.2, 0.25) is 0 Å². The standard InChI is InChI=1S/C25H30BrN3S/c1-7-8-18(12-26)20-10-16(2)19(9-17(20)3)11-24-29-22(15-30-24)21-13-28-23(14-27-21)25(4,5)6/h8-10,13-15H,7,11-12H2,1-6H3/b18-8-. The van der Waals surface area contributed by atoms with Crippen LogP contribution in [0.1, 0.15) is 67.1 Å². The summed E-state index contributed by atoms with van der Waals surface area (Å²) in [4.78, 5) is 14.0. The molecule has 0 aliphatic heterocycles. The minimum atomic E-state index is 0.00131. The second-order valence-corrected chi connectivity index (χ2v) is 10.2. The van der Waals surface area contributed by atoms with Crippen LogP contribution in [0.3, 0.4) is 0 Å². The molecule has 0 atom stereocenters. The summed E-state index contributed by atoms with van der Waals surface area (Å²) < 4.78 is 0. The molecule has 3 rings (SSSR count). The van der Waals surface area contributed by atoms with Crippen molar-refractivity contribution in [1.29, 1.82) is 0 Å². The van der Waals surface area contributed by atoms with Crippen LogP contribution in [-0.4, -0.2) is 20.3 Å². The molecule has 3 nitrogen and oxygen atoms in total. The second kappa shape index (κ2) is 9.52. The number of rotatable bonds is 6. The van der Waals surface area contributed by atoms with Crippen molar-refractivity contribution in [2.75, 3.05) is 5.33 Å². The third kappa shape index (κ3) is 5.25. The number of halogens is 1. The molecular formula is C25H30BrN3S. The summed E-state index contributed by atoms with van der Waals surface area (Å²) >= 11 is 5.33. The Labute approximate surface area is 192 Å². The Morgan fingerprint density at radius 3 is 2.43 bits per heavy atom. The van der Waals surface area contributed by atoms with Crippen molar-refractivity contribution in [2.45, 2.75) is 59.8 Å². The van der Waals surface area contributed by atoms with E-state index in [-0.39, 0.29) is 5.41 Å². The topological polar surface area (TPSA) is 38.7 Å². The first kappa shape index (κ1) is 22.8. The zero-order valence-corrected chi connectivity index (χ0v) is 21.1. The van der Waals surface area contributed by atoms with Gasteiger partial charge in [0.05, 0.1) is 16.9 Å². The molecule has 2 aromatic heterocycles. The largest absolute Gasteiger partial charge is 0.257 e. The van der Waals surface area contributed by atoms with Crippen LogP contribution < -0.4 is 0 Å². The maximum atomic E-state index is 4.84. The predicted molar refractivity (Wildman–Crippen MR) is 133 cm³/mol. The molecule has 0 amide bonds. The van der Waals surface area contributed by atoms with E-state index in [1.807, 2.05) is 12.4 Å². The zero-order valence-electron chi connectivity index (χ0n) is 18.7. The first-order valence-corrected chi connectivity index (χ1v) is 12.4. The van der Waals surface area contributed by atoms with Gasteiger partial charge < -0.3 is 0 Å². The molecule has 3 aromatic rings. The van der Waals surface area contributed by atoms with Gasteiger partial charge in [-0.2, -0.15) is 0 Å². The van der Waals surface area contributed by atoms with Gasteiger partial charge in [-0.25, -0.2) is 4.98 Å². The third-order valence-corrected chi connectivity index (χ3v) is 6.65. The number of aromatic nitrogens is 3. The van der Waals surface area contributed by atoms with Gasteiger partial charge in [0.25, 0.3) is 0 Å². The molecule has 0 fully saturated rings. The quantitative estimate of drug-likeness (QED) is 0.345. The lowest BCUT2D eigenvalue weighted by atomic mass is 9.93. The first-order valence-electron chi connectivity index (χ1n) is 10.4. The molecule has 2 heterocycles. The Balaban J connectivity index is 1.82. The smallest absolute Gasteiger partial charge is 0.108 e. The van der Waals surface area contributed by atoms with Crippen LogP contribution in [0.15, 0.2) is 36.0 Å². The van der Waals surface area contributed by atoms with E-state index in [4.69, 9.17) is 4.98 Å². The number of aryl methyl sites for hydroxylation is 2. The highest BCUT2D eigenvalue weighted by atomic mass is 79.9. The van der Waals surface area contributed by atoms with E-state index in [0.717, 1.165) is 40.3 Å². The van der Waals surface area contributed by atoms with E-state index in [0.29, 0.717) is 0 Å². The molecule has 0 bridgehead atoms. The molecule has 0 unspecified atom stereocenters. The maximum Gasteiger partial charge on any atom is 0.108 e. The fraction of sp³-hybridized carbons (Fsp3) is 0.400. The predicted octanol–water partition coefficient (Wildman–Crippen LogP) is 7.29. The van der Waals surface area contributed by atoms with Gasteiger partial charge in [0.1, 0.15) is 11.4 Å². The number of alkyl halides is 1. The molecule has 30 heavy (non-hydrogen) atoms. The van der Waals surface area contributed by atoms with Crippen molar-refractivity contribution in [2.24, 2.45) is 0 Å². The molecule has 158 valence electrons. The van der Waals surface area contributed by atoms with Crippen molar-refractivity contribution in [3.8, 4) is 11.4 Å². The van der Waals surface area contributed by atoms with Crippen molar-refractivity contribution in [3.63, 3.8) is 0 Å². The number of hydrogen-bond donors (Lipinski definition) is 0. The summed E-state index contributed by atoms with van der Waals surface area (Å²) in [5, 5.41) is 4.07. The number of benzene rings is 1. The minimum Gasteiger partial charge on any atom is -0.257 e. The maximum absolute atomic E-state index is 4.84. The summed E-state index contributed by atoms with van der Waals surface area (Å²) in [6.07, 6.45) is 7.89. The van der Waals surface area contributed by atoms with E-state index >= 15 is 0 Å². The van der Waals surface area contributed by atoms with Crippen molar-refractivity contribution in [1.82, 2.24) is 15.0 Å². The highest BCUT2D eigenvalue weighted by Crippen LogP contribution is 2.28. The molecule has 0 spiro atoms. The van der Waals surface area contributed by atoms with E-state index in [1.54, 1.807) is 11.3 Å². The first-order chi connectivity index (χ1) is 14.2. The number of allylic oxidation sites excluding steroid dienone is 2. The molecule has 0 radical (unpaired) electrons. The molecule has 0 saturated carbocycles. The lowest BCUT2D eigenvalue weighted by molar-refractivity contribution is 0.565. The zero-order chi connectivity index (χ0) is 21.9. The molecule has 0 saturated heterocycles. The van der Waals surface area contributed by atoms with Gasteiger partial charge in [-0.05, 0) is 48.1 Å². The Morgan fingerprint density at radius 2 is 1.83 bits per heavy atom. The highest BCUT2D eigenvalue weighted by Gasteiger charge is 2.17. The molecule has 5 heteroatoms. The monoisotopic (exact) mass is 483 g/mol. The van der Waals surface area contributed by atoms with Gasteiger partial charge in [0, 0.05) is 28.7 Å². The van der Waals surface area contributed by atoms with Crippen LogP contribution >= 0.6 is 27.3 Å². The van der Waals surface area contributed by atoms with Crippen molar-refractivity contribution >= 4 is 32.8 Å². The van der Waals surface area contributed by atoms with Gasteiger partial charge in [-0.3, -0.25) is 9.97 Å². The summed E-state index contributed by atoms with van der Waals surface area (Å²) in [7, 11) is 0. The minimum absolute atomic E-state index is 0.00131. The van der Waals surface area contributed by atoms with Gasteiger partial charge >= 0.3 is 0 Å². The summed E-state index contributed by atoms with van der Waals surface area (Å²) in [5.74, 6) is 0. The lowest BCUT2D eigenvalue weighted by Crippen LogP contribution is -2.13. The Bertz CT molecular complexity index is 1040. The van der Waals surface area contributed by atoms with Crippen LogP contribution in [0.5, 0.6) is 0 Å². The lowest BCUT2D eigenvalue weighted by Gasteiger charge is -2.16. The van der Waals surface area contributed by atoms with Crippen LogP contribution in [-0.2, 0) is 11.8 Å². The van der Waals surface area contributed by atoms with Crippen molar-refractivity contribution < 1.29 is 0 Å². The SMILES string of the molecule is CC/C=C(/CBr)c1cc(C)c(Cc2nc(-c3cnc(C(C)(C)C)cn3)cs2)cc1C. The van der Waals surface area contributed by atoms with Crippen LogP contribution in [0, 0.1) is 13.8 Å². The van der Waals surface area contributed by atoms with Gasteiger partial charge in [0.15, 0.2) is 0 Å². The molecule has 0 aliphatic rings. The fourth-order valence-electron chi connectivity index (χ4n) is 3.42. The number of hydrogen-bond acceptors (Lipinski definition) is 4. The normalized spacial score (nSPS) is 12.4. The molecule has 0 aliphatic carbocycles. The van der Waals surface area contributed by atoms with Gasteiger partial charge in [0.2, 0.25) is 0 Å². The molecular weight excluding hydrogens is 454 g/mol. The number of nitrogens with zero attached hydrogens (tertiary/aromatic N) is 3. The van der Waals surface area contributed by atoms with E-state index < -0.39 is 0 Å². The van der Waals surface area contributed by atoms with E-state index in [9.17, 15) is 0 Å². The summed E-state index contributed by atoms with van der Waals surface area (Å²) in [6.45, 7) is 13.0. The van der Waals surface area contributed by atoms with E-state index in [1.165, 1.54) is 27.8 Å². The van der Waals surface area contributed by atoms with Gasteiger partial charge in [-0.15, -0.1) is 11.3 Å². The highest BCUT2D eigenvalue weighted by molar-refractivity contribution is 9.09. The molecule has 1 aromatic carbocycles. The Kier molecular flexibility index (Phi) is 7.25. The average Bonchev–Trinajstić information content (AvgIpc) is 3.17. The Morgan fingerprint density at radius 1 is 1.07 bits per heavy atom. The van der Waals surface area contributed by atoms with Crippen LogP contribution in [0.25, 0.3) is 17.0 Å². The fourth-order valence-corrected chi connectivity index (χ4v) is 4.76. The Hall–Kier alpha value is -1.85. The third-order valence-electron chi connectivity index (χ3n) is 5.20. The second-order valence-electron chi connectivity index (χ2n) is 8.70. The summed E-state index contributed by atoms with van der Waals surface area (Å²) in [6, 6.07) is 4.63. The number of thiazole rings is 1. The molecule has 0 N–H and O–H groups in total. The summed E-state index contributed by atoms with van der Waals surface area (Å²) in [5.41, 5.74) is 9.38. The van der Waals surface area contributed by atoms with E-state index in [2.05, 4.69) is 91.0 Å². The average molecular weight is 485 g/mol.